The summed E-state index contributed by atoms with van der Waals surface area (Å²) >= 11 is 0. The lowest BCUT2D eigenvalue weighted by Crippen LogP contribution is -1.96. The van der Waals surface area contributed by atoms with E-state index in [2.05, 4.69) is 4.98 Å². The molecular weight excluding hydrogens is 152 g/mol. The molecule has 1 fully saturated rings. The third-order valence-corrected chi connectivity index (χ3v) is 2.17. The lowest BCUT2D eigenvalue weighted by atomic mass is 10.2. The van der Waals surface area contributed by atoms with Crippen molar-refractivity contribution < 1.29 is 4.74 Å². The number of anilines is 1. The minimum Gasteiger partial charge on any atom is -0.493 e. The SMILES string of the molecule is COc1cc(C2CC2)cnc1N. The Morgan fingerprint density at radius 1 is 1.58 bits per heavy atom. The molecule has 0 bridgehead atoms. The summed E-state index contributed by atoms with van der Waals surface area (Å²) in [6.07, 6.45) is 4.39. The fraction of sp³-hybridized carbons (Fsp3) is 0.444. The van der Waals surface area contributed by atoms with E-state index in [9.17, 15) is 0 Å². The normalized spacial score (nSPS) is 16.1. The van der Waals surface area contributed by atoms with Gasteiger partial charge >= 0.3 is 0 Å². The molecule has 3 heteroatoms. The van der Waals surface area contributed by atoms with Crippen LogP contribution in [0.15, 0.2) is 12.3 Å². The molecule has 0 unspecified atom stereocenters. The first-order valence-electron chi connectivity index (χ1n) is 4.10. The topological polar surface area (TPSA) is 48.1 Å². The van der Waals surface area contributed by atoms with Crippen molar-refractivity contribution in [3.63, 3.8) is 0 Å². The second-order valence-corrected chi connectivity index (χ2v) is 3.13. The number of methoxy groups -OCH3 is 1. The van der Waals surface area contributed by atoms with E-state index in [0.717, 1.165) is 0 Å². The maximum atomic E-state index is 5.58. The zero-order valence-corrected chi connectivity index (χ0v) is 7.08. The van der Waals surface area contributed by atoms with Gasteiger partial charge in [-0.3, -0.25) is 0 Å². The Labute approximate surface area is 71.6 Å². The highest BCUT2D eigenvalue weighted by atomic mass is 16.5. The van der Waals surface area contributed by atoms with Crippen LogP contribution < -0.4 is 10.5 Å². The van der Waals surface area contributed by atoms with Crippen molar-refractivity contribution in [1.82, 2.24) is 4.98 Å². The second kappa shape index (κ2) is 2.66. The van der Waals surface area contributed by atoms with Crippen molar-refractivity contribution in [2.24, 2.45) is 0 Å². The number of nitrogens with two attached hydrogens (primary N) is 1. The van der Waals surface area contributed by atoms with Crippen LogP contribution in [0.1, 0.15) is 24.3 Å². The molecule has 0 saturated heterocycles. The molecule has 1 saturated carbocycles. The minimum atomic E-state index is 0.474. The zero-order chi connectivity index (χ0) is 8.55. The highest BCUT2D eigenvalue weighted by Gasteiger charge is 2.24. The van der Waals surface area contributed by atoms with Gasteiger partial charge in [0, 0.05) is 6.20 Å². The molecule has 0 radical (unpaired) electrons. The molecule has 0 spiro atoms. The van der Waals surface area contributed by atoms with Crippen LogP contribution in [-0.2, 0) is 0 Å². The molecule has 1 aliphatic rings. The molecule has 2 N–H and O–H groups in total. The molecule has 0 amide bonds. The van der Waals surface area contributed by atoms with Crippen molar-refractivity contribution in [2.75, 3.05) is 12.8 Å². The number of rotatable bonds is 2. The molecule has 0 atom stereocenters. The number of aromatic nitrogens is 1. The van der Waals surface area contributed by atoms with Crippen molar-refractivity contribution in [3.8, 4) is 5.75 Å². The summed E-state index contributed by atoms with van der Waals surface area (Å²) in [7, 11) is 1.62. The third-order valence-electron chi connectivity index (χ3n) is 2.17. The standard InChI is InChI=1S/C9H12N2O/c1-12-8-4-7(6-2-3-6)5-11-9(8)10/h4-6H,2-3H2,1H3,(H2,10,11). The van der Waals surface area contributed by atoms with Gasteiger partial charge in [0.15, 0.2) is 11.6 Å². The van der Waals surface area contributed by atoms with Crippen LogP contribution in [-0.4, -0.2) is 12.1 Å². The Balaban J connectivity index is 2.33. The van der Waals surface area contributed by atoms with Crippen LogP contribution in [0.4, 0.5) is 5.82 Å². The van der Waals surface area contributed by atoms with E-state index in [0.29, 0.717) is 17.5 Å². The van der Waals surface area contributed by atoms with E-state index >= 15 is 0 Å². The Hall–Kier alpha value is -1.25. The van der Waals surface area contributed by atoms with Gasteiger partial charge in [-0.05, 0) is 30.4 Å². The number of ether oxygens (including phenoxy) is 1. The predicted molar refractivity (Wildman–Crippen MR) is 47.2 cm³/mol. The molecule has 0 aromatic carbocycles. The number of hydrogen-bond donors (Lipinski definition) is 1. The van der Waals surface area contributed by atoms with Crippen molar-refractivity contribution in [1.29, 1.82) is 0 Å². The Morgan fingerprint density at radius 2 is 2.33 bits per heavy atom. The van der Waals surface area contributed by atoms with Crippen LogP contribution >= 0.6 is 0 Å². The van der Waals surface area contributed by atoms with E-state index in [1.165, 1.54) is 18.4 Å². The van der Waals surface area contributed by atoms with E-state index in [1.807, 2.05) is 12.3 Å². The summed E-state index contributed by atoms with van der Waals surface area (Å²) in [5.74, 6) is 1.87. The van der Waals surface area contributed by atoms with Crippen molar-refractivity contribution in [2.45, 2.75) is 18.8 Å². The van der Waals surface area contributed by atoms with Crippen LogP contribution in [0.5, 0.6) is 5.75 Å². The van der Waals surface area contributed by atoms with Gasteiger partial charge in [-0.25, -0.2) is 4.98 Å². The number of hydrogen-bond acceptors (Lipinski definition) is 3. The Kier molecular flexibility index (Phi) is 1.64. The molecule has 64 valence electrons. The first-order chi connectivity index (χ1) is 5.81. The lowest BCUT2D eigenvalue weighted by molar-refractivity contribution is 0.415. The Bertz CT molecular complexity index is 295. The van der Waals surface area contributed by atoms with Gasteiger partial charge in [-0.2, -0.15) is 0 Å². The zero-order valence-electron chi connectivity index (χ0n) is 7.08. The monoisotopic (exact) mass is 164 g/mol. The van der Waals surface area contributed by atoms with Crippen molar-refractivity contribution in [3.05, 3.63) is 17.8 Å². The van der Waals surface area contributed by atoms with Gasteiger partial charge in [0.25, 0.3) is 0 Å². The van der Waals surface area contributed by atoms with Crippen LogP contribution in [0.25, 0.3) is 0 Å². The summed E-state index contributed by atoms with van der Waals surface area (Å²) in [5, 5.41) is 0. The van der Waals surface area contributed by atoms with Gasteiger partial charge in [-0.1, -0.05) is 0 Å². The summed E-state index contributed by atoms with van der Waals surface area (Å²) in [4.78, 5) is 4.06. The predicted octanol–water partition coefficient (Wildman–Crippen LogP) is 1.55. The molecule has 12 heavy (non-hydrogen) atoms. The molecule has 3 nitrogen and oxygen atoms in total. The van der Waals surface area contributed by atoms with Gasteiger partial charge in [-0.15, -0.1) is 0 Å². The van der Waals surface area contributed by atoms with Gasteiger partial charge in [0.05, 0.1) is 7.11 Å². The molecule has 2 rings (SSSR count). The maximum absolute atomic E-state index is 5.58. The first-order valence-corrected chi connectivity index (χ1v) is 4.10. The van der Waals surface area contributed by atoms with Crippen LogP contribution in [0, 0.1) is 0 Å². The number of pyridine rings is 1. The fourth-order valence-corrected chi connectivity index (χ4v) is 1.27. The molecule has 1 heterocycles. The largest absolute Gasteiger partial charge is 0.493 e. The third kappa shape index (κ3) is 1.22. The van der Waals surface area contributed by atoms with Gasteiger partial charge < -0.3 is 10.5 Å². The van der Waals surface area contributed by atoms with Gasteiger partial charge in [0.2, 0.25) is 0 Å². The smallest absolute Gasteiger partial charge is 0.166 e. The molecule has 1 aromatic heterocycles. The highest BCUT2D eigenvalue weighted by Crippen LogP contribution is 2.41. The second-order valence-electron chi connectivity index (χ2n) is 3.13. The highest BCUT2D eigenvalue weighted by molar-refractivity contribution is 5.48. The lowest BCUT2D eigenvalue weighted by Gasteiger charge is -2.04. The summed E-state index contributed by atoms with van der Waals surface area (Å²) < 4.78 is 5.08. The average molecular weight is 164 g/mol. The summed E-state index contributed by atoms with van der Waals surface area (Å²) in [6, 6.07) is 1.99. The molecule has 1 aromatic rings. The first kappa shape index (κ1) is 7.40. The van der Waals surface area contributed by atoms with E-state index < -0.39 is 0 Å². The van der Waals surface area contributed by atoms with Gasteiger partial charge in [0.1, 0.15) is 0 Å². The summed E-state index contributed by atoms with van der Waals surface area (Å²) in [6.45, 7) is 0. The molecule has 1 aliphatic carbocycles. The van der Waals surface area contributed by atoms with E-state index in [4.69, 9.17) is 10.5 Å². The number of nitrogens with zero attached hydrogens (tertiary/aromatic N) is 1. The minimum absolute atomic E-state index is 0.474. The van der Waals surface area contributed by atoms with Crippen LogP contribution in [0.3, 0.4) is 0 Å². The van der Waals surface area contributed by atoms with Crippen molar-refractivity contribution >= 4 is 5.82 Å². The maximum Gasteiger partial charge on any atom is 0.166 e. The van der Waals surface area contributed by atoms with E-state index in [-0.39, 0.29) is 0 Å². The average Bonchev–Trinajstić information content (AvgIpc) is 2.88. The Morgan fingerprint density at radius 3 is 2.92 bits per heavy atom. The molecular formula is C9H12N2O. The quantitative estimate of drug-likeness (QED) is 0.721. The summed E-state index contributed by atoms with van der Waals surface area (Å²) in [5.41, 5.74) is 6.84. The fourth-order valence-electron chi connectivity index (χ4n) is 1.27. The van der Waals surface area contributed by atoms with Crippen LogP contribution in [0.2, 0.25) is 0 Å². The van der Waals surface area contributed by atoms with E-state index in [1.54, 1.807) is 7.11 Å². The number of nitrogen functional groups attached to an aromatic ring is 1. The molecule has 0 aliphatic heterocycles.